The molecule has 3 rings (SSSR count). The van der Waals surface area contributed by atoms with Crippen LogP contribution in [0.15, 0.2) is 42.5 Å². The Morgan fingerprint density at radius 2 is 1.91 bits per heavy atom. The molecule has 0 amide bonds. The topological polar surface area (TPSA) is 55.8 Å². The minimum atomic E-state index is -1.02. The third kappa shape index (κ3) is 2.41. The molecule has 0 radical (unpaired) electrons. The van der Waals surface area contributed by atoms with Gasteiger partial charge in [-0.25, -0.2) is 0 Å². The standard InChI is InChI=1S/C18H18O4/c1-12-5-3-4-6-13(12)10-18(2,17(19)20)14-7-8-15-16(9-14)22-11-21-15/h3-9H,10-11H2,1-2H3,(H,19,20). The summed E-state index contributed by atoms with van der Waals surface area (Å²) in [4.78, 5) is 12.0. The van der Waals surface area contributed by atoms with E-state index in [-0.39, 0.29) is 6.79 Å². The van der Waals surface area contributed by atoms with Crippen molar-refractivity contribution >= 4 is 5.97 Å². The van der Waals surface area contributed by atoms with Gasteiger partial charge in [0.05, 0.1) is 5.41 Å². The van der Waals surface area contributed by atoms with Gasteiger partial charge in [-0.1, -0.05) is 30.3 Å². The third-order valence-electron chi connectivity index (χ3n) is 4.29. The van der Waals surface area contributed by atoms with Gasteiger partial charge in [-0.05, 0) is 49.1 Å². The van der Waals surface area contributed by atoms with Crippen molar-refractivity contribution in [3.63, 3.8) is 0 Å². The van der Waals surface area contributed by atoms with Crippen LogP contribution in [-0.4, -0.2) is 17.9 Å². The van der Waals surface area contributed by atoms with Gasteiger partial charge in [0.1, 0.15) is 0 Å². The molecule has 0 fully saturated rings. The molecule has 0 saturated carbocycles. The summed E-state index contributed by atoms with van der Waals surface area (Å²) in [6.45, 7) is 3.93. The van der Waals surface area contributed by atoms with E-state index in [1.54, 1.807) is 25.1 Å². The van der Waals surface area contributed by atoms with E-state index in [1.807, 2.05) is 31.2 Å². The number of carboxylic acids is 1. The van der Waals surface area contributed by atoms with Crippen molar-refractivity contribution < 1.29 is 19.4 Å². The molecule has 4 nitrogen and oxygen atoms in total. The number of aliphatic carboxylic acids is 1. The van der Waals surface area contributed by atoms with Crippen molar-refractivity contribution in [1.29, 1.82) is 0 Å². The molecule has 4 heteroatoms. The molecule has 0 saturated heterocycles. The lowest BCUT2D eigenvalue weighted by atomic mass is 9.76. The first kappa shape index (κ1) is 14.4. The zero-order valence-corrected chi connectivity index (χ0v) is 12.6. The van der Waals surface area contributed by atoms with Crippen molar-refractivity contribution in [2.24, 2.45) is 0 Å². The van der Waals surface area contributed by atoms with Crippen LogP contribution in [0.4, 0.5) is 0 Å². The lowest BCUT2D eigenvalue weighted by molar-refractivity contribution is -0.143. The van der Waals surface area contributed by atoms with Crippen LogP contribution in [0.5, 0.6) is 11.5 Å². The summed E-state index contributed by atoms with van der Waals surface area (Å²) in [5.74, 6) is 0.414. The fourth-order valence-corrected chi connectivity index (χ4v) is 2.73. The Kier molecular flexibility index (Phi) is 3.53. The number of carboxylic acid groups (broad SMARTS) is 1. The number of hydrogen-bond acceptors (Lipinski definition) is 3. The Hall–Kier alpha value is -2.49. The molecule has 0 aromatic heterocycles. The second-order valence-electron chi connectivity index (χ2n) is 5.81. The second kappa shape index (κ2) is 5.37. The van der Waals surface area contributed by atoms with E-state index in [2.05, 4.69) is 0 Å². The molecule has 1 unspecified atom stereocenters. The third-order valence-corrected chi connectivity index (χ3v) is 4.29. The molecule has 1 aliphatic rings. The van der Waals surface area contributed by atoms with Crippen LogP contribution in [-0.2, 0) is 16.6 Å². The summed E-state index contributed by atoms with van der Waals surface area (Å²) in [6.07, 6.45) is 0.425. The van der Waals surface area contributed by atoms with E-state index in [9.17, 15) is 9.90 Å². The van der Waals surface area contributed by atoms with Gasteiger partial charge in [0.25, 0.3) is 0 Å². The van der Waals surface area contributed by atoms with Crippen LogP contribution in [0.25, 0.3) is 0 Å². The number of ether oxygens (including phenoxy) is 2. The molecule has 0 bridgehead atoms. The average Bonchev–Trinajstić information content (AvgIpc) is 2.96. The number of fused-ring (bicyclic) bond motifs is 1. The predicted molar refractivity (Wildman–Crippen MR) is 82.4 cm³/mol. The first-order valence-corrected chi connectivity index (χ1v) is 7.19. The summed E-state index contributed by atoms with van der Waals surface area (Å²) in [5.41, 5.74) is 1.82. The van der Waals surface area contributed by atoms with E-state index in [0.717, 1.165) is 11.1 Å². The smallest absolute Gasteiger partial charge is 0.314 e. The summed E-state index contributed by atoms with van der Waals surface area (Å²) in [7, 11) is 0. The Labute approximate surface area is 129 Å². The quantitative estimate of drug-likeness (QED) is 0.941. The second-order valence-corrected chi connectivity index (χ2v) is 5.81. The van der Waals surface area contributed by atoms with Gasteiger partial charge in [0.2, 0.25) is 6.79 Å². The van der Waals surface area contributed by atoms with Gasteiger partial charge in [-0.15, -0.1) is 0 Å². The van der Waals surface area contributed by atoms with Gasteiger partial charge in [-0.3, -0.25) is 4.79 Å². The Morgan fingerprint density at radius 1 is 1.18 bits per heavy atom. The zero-order valence-electron chi connectivity index (χ0n) is 12.6. The molecule has 0 aliphatic carbocycles. The van der Waals surface area contributed by atoms with Gasteiger partial charge in [0, 0.05) is 0 Å². The highest BCUT2D eigenvalue weighted by atomic mass is 16.7. The fourth-order valence-electron chi connectivity index (χ4n) is 2.73. The van der Waals surface area contributed by atoms with Crippen molar-refractivity contribution in [2.45, 2.75) is 25.7 Å². The van der Waals surface area contributed by atoms with E-state index in [0.29, 0.717) is 23.5 Å². The van der Waals surface area contributed by atoms with Crippen LogP contribution in [0.2, 0.25) is 0 Å². The maximum atomic E-state index is 12.0. The first-order chi connectivity index (χ1) is 10.5. The summed E-state index contributed by atoms with van der Waals surface area (Å²) >= 11 is 0. The van der Waals surface area contributed by atoms with Gasteiger partial charge >= 0.3 is 5.97 Å². The van der Waals surface area contributed by atoms with Crippen LogP contribution >= 0.6 is 0 Å². The molecule has 1 heterocycles. The highest BCUT2D eigenvalue weighted by Crippen LogP contribution is 2.38. The SMILES string of the molecule is Cc1ccccc1CC(C)(C(=O)O)c1ccc2c(c1)OCO2. The minimum Gasteiger partial charge on any atom is -0.481 e. The minimum absolute atomic E-state index is 0.181. The van der Waals surface area contributed by atoms with Gasteiger partial charge < -0.3 is 14.6 Å². The van der Waals surface area contributed by atoms with Crippen molar-refractivity contribution in [3.8, 4) is 11.5 Å². The van der Waals surface area contributed by atoms with Crippen molar-refractivity contribution in [1.82, 2.24) is 0 Å². The number of carbonyl (C=O) groups is 1. The summed E-state index contributed by atoms with van der Waals surface area (Å²) in [5, 5.41) is 9.81. The Bertz CT molecular complexity index is 723. The molecule has 2 aromatic carbocycles. The van der Waals surface area contributed by atoms with Gasteiger partial charge in [0.15, 0.2) is 11.5 Å². The molecule has 1 aliphatic heterocycles. The zero-order chi connectivity index (χ0) is 15.7. The monoisotopic (exact) mass is 298 g/mol. The number of rotatable bonds is 4. The number of hydrogen-bond donors (Lipinski definition) is 1. The van der Waals surface area contributed by atoms with E-state index in [1.165, 1.54) is 0 Å². The maximum Gasteiger partial charge on any atom is 0.314 e. The highest BCUT2D eigenvalue weighted by molar-refractivity contribution is 5.81. The lowest BCUT2D eigenvalue weighted by Gasteiger charge is -2.26. The van der Waals surface area contributed by atoms with Crippen molar-refractivity contribution in [2.75, 3.05) is 6.79 Å². The number of aryl methyl sites for hydroxylation is 1. The summed E-state index contributed by atoms with van der Waals surface area (Å²) < 4.78 is 10.7. The van der Waals surface area contributed by atoms with Crippen LogP contribution in [0.3, 0.4) is 0 Å². The van der Waals surface area contributed by atoms with E-state index >= 15 is 0 Å². The summed E-state index contributed by atoms with van der Waals surface area (Å²) in [6, 6.07) is 13.2. The molecule has 1 N–H and O–H groups in total. The maximum absolute atomic E-state index is 12.0. The first-order valence-electron chi connectivity index (χ1n) is 7.19. The van der Waals surface area contributed by atoms with Crippen molar-refractivity contribution in [3.05, 3.63) is 59.2 Å². The lowest BCUT2D eigenvalue weighted by Crippen LogP contribution is -2.35. The normalized spacial score (nSPS) is 15.4. The number of benzene rings is 2. The Balaban J connectivity index is 2.01. The van der Waals surface area contributed by atoms with Crippen LogP contribution in [0, 0.1) is 6.92 Å². The molecule has 114 valence electrons. The fraction of sp³-hybridized carbons (Fsp3) is 0.278. The largest absolute Gasteiger partial charge is 0.481 e. The molecule has 22 heavy (non-hydrogen) atoms. The van der Waals surface area contributed by atoms with Crippen LogP contribution in [0.1, 0.15) is 23.6 Å². The molecular formula is C18H18O4. The molecule has 1 atom stereocenters. The predicted octanol–water partition coefficient (Wildman–Crippen LogP) is 3.31. The molecule has 2 aromatic rings. The average molecular weight is 298 g/mol. The van der Waals surface area contributed by atoms with Gasteiger partial charge in [-0.2, -0.15) is 0 Å². The van der Waals surface area contributed by atoms with Crippen LogP contribution < -0.4 is 9.47 Å². The molecular weight excluding hydrogens is 280 g/mol. The Morgan fingerprint density at radius 3 is 2.64 bits per heavy atom. The molecule has 0 spiro atoms. The highest BCUT2D eigenvalue weighted by Gasteiger charge is 2.36. The van der Waals surface area contributed by atoms with E-state index in [4.69, 9.17) is 9.47 Å². The van der Waals surface area contributed by atoms with E-state index < -0.39 is 11.4 Å².